The molecule has 0 fully saturated rings. The zero-order valence-corrected chi connectivity index (χ0v) is 15.3. The minimum absolute atomic E-state index is 0.474. The van der Waals surface area contributed by atoms with Crippen LogP contribution in [-0.2, 0) is 6.54 Å². The summed E-state index contributed by atoms with van der Waals surface area (Å²) in [6.07, 6.45) is 1.83. The first-order chi connectivity index (χ1) is 9.54. The molecule has 1 aromatic heterocycles. The van der Waals surface area contributed by atoms with Crippen molar-refractivity contribution in [1.29, 1.82) is 0 Å². The first kappa shape index (κ1) is 16.0. The molecule has 0 radical (unpaired) electrons. The summed E-state index contributed by atoms with van der Waals surface area (Å²) in [5.74, 6) is 0. The van der Waals surface area contributed by atoms with E-state index in [1.54, 1.807) is 11.8 Å². The molecule has 0 aliphatic carbocycles. The summed E-state index contributed by atoms with van der Waals surface area (Å²) in [7, 11) is 0. The van der Waals surface area contributed by atoms with Gasteiger partial charge in [-0.05, 0) is 45.8 Å². The minimum Gasteiger partial charge on any atom is -0.310 e. The number of nitrogens with one attached hydrogen (secondary N) is 1. The second-order valence-electron chi connectivity index (χ2n) is 4.70. The third-order valence-electron chi connectivity index (χ3n) is 2.64. The Labute approximate surface area is 141 Å². The number of hydrogen-bond donors (Lipinski definition) is 1. The maximum atomic E-state index is 4.42. The zero-order chi connectivity index (χ0) is 14.5. The van der Waals surface area contributed by atoms with Gasteiger partial charge in [-0.25, -0.2) is 4.98 Å². The van der Waals surface area contributed by atoms with Crippen LogP contribution in [0.5, 0.6) is 0 Å². The van der Waals surface area contributed by atoms with Gasteiger partial charge in [0.2, 0.25) is 0 Å². The van der Waals surface area contributed by atoms with Crippen molar-refractivity contribution in [3.8, 4) is 0 Å². The average Bonchev–Trinajstić information content (AvgIpc) is 2.40. The second-order valence-corrected chi connectivity index (χ2v) is 7.60. The van der Waals surface area contributed by atoms with Gasteiger partial charge in [0.05, 0.1) is 0 Å². The average molecular weight is 416 g/mol. The third kappa shape index (κ3) is 4.88. The Balaban J connectivity index is 2.20. The summed E-state index contributed by atoms with van der Waals surface area (Å²) < 4.78 is 2.09. The topological polar surface area (TPSA) is 24.9 Å². The van der Waals surface area contributed by atoms with E-state index in [1.165, 1.54) is 10.5 Å². The number of rotatable bonds is 5. The van der Waals surface area contributed by atoms with Gasteiger partial charge in [0.1, 0.15) is 5.03 Å². The van der Waals surface area contributed by atoms with Crippen LogP contribution in [0, 0.1) is 0 Å². The Hall–Kier alpha value is -0.360. The fourth-order valence-corrected chi connectivity index (χ4v) is 3.29. The molecule has 0 atom stereocenters. The molecule has 0 saturated carbocycles. The summed E-state index contributed by atoms with van der Waals surface area (Å²) >= 11 is 8.63. The first-order valence-electron chi connectivity index (χ1n) is 6.36. The van der Waals surface area contributed by atoms with Crippen LogP contribution in [0.25, 0.3) is 0 Å². The van der Waals surface area contributed by atoms with Crippen molar-refractivity contribution in [2.75, 3.05) is 0 Å². The number of nitrogens with zero attached hydrogens (tertiary/aromatic N) is 1. The Morgan fingerprint density at radius 1 is 1.15 bits per heavy atom. The van der Waals surface area contributed by atoms with E-state index in [2.05, 4.69) is 74.2 Å². The van der Waals surface area contributed by atoms with Crippen molar-refractivity contribution < 1.29 is 0 Å². The molecule has 20 heavy (non-hydrogen) atoms. The van der Waals surface area contributed by atoms with Crippen LogP contribution in [0.2, 0.25) is 0 Å². The Morgan fingerprint density at radius 2 is 1.90 bits per heavy atom. The SMILES string of the molecule is CC(C)NCc1ccc(Br)cc1Sc1ccc(Br)cn1. The van der Waals surface area contributed by atoms with E-state index in [4.69, 9.17) is 0 Å². The predicted molar refractivity (Wildman–Crippen MR) is 92.2 cm³/mol. The van der Waals surface area contributed by atoms with Crippen LogP contribution >= 0.6 is 43.6 Å². The van der Waals surface area contributed by atoms with Crippen molar-refractivity contribution in [3.63, 3.8) is 0 Å². The molecule has 2 nitrogen and oxygen atoms in total. The fraction of sp³-hybridized carbons (Fsp3) is 0.267. The molecule has 0 unspecified atom stereocenters. The van der Waals surface area contributed by atoms with Gasteiger partial charge in [-0.3, -0.25) is 0 Å². The maximum absolute atomic E-state index is 4.42. The lowest BCUT2D eigenvalue weighted by Crippen LogP contribution is -2.22. The molecular weight excluding hydrogens is 400 g/mol. The lowest BCUT2D eigenvalue weighted by atomic mass is 10.2. The van der Waals surface area contributed by atoms with Gasteiger partial charge in [0, 0.05) is 32.6 Å². The van der Waals surface area contributed by atoms with Gasteiger partial charge in [-0.15, -0.1) is 0 Å². The molecule has 2 rings (SSSR count). The molecule has 1 heterocycles. The van der Waals surface area contributed by atoms with Crippen molar-refractivity contribution in [3.05, 3.63) is 51.0 Å². The normalized spacial score (nSPS) is 11.1. The molecule has 0 spiro atoms. The Morgan fingerprint density at radius 3 is 2.55 bits per heavy atom. The van der Waals surface area contributed by atoms with Crippen molar-refractivity contribution in [1.82, 2.24) is 10.3 Å². The molecule has 0 saturated heterocycles. The van der Waals surface area contributed by atoms with E-state index in [9.17, 15) is 0 Å². The van der Waals surface area contributed by atoms with Gasteiger partial charge in [-0.1, -0.05) is 47.6 Å². The van der Waals surface area contributed by atoms with Gasteiger partial charge in [-0.2, -0.15) is 0 Å². The van der Waals surface area contributed by atoms with E-state index in [0.29, 0.717) is 6.04 Å². The fourth-order valence-electron chi connectivity index (χ4n) is 1.62. The van der Waals surface area contributed by atoms with E-state index in [-0.39, 0.29) is 0 Å². The van der Waals surface area contributed by atoms with E-state index < -0.39 is 0 Å². The van der Waals surface area contributed by atoms with Gasteiger partial charge >= 0.3 is 0 Å². The molecule has 1 aromatic carbocycles. The first-order valence-corrected chi connectivity index (χ1v) is 8.76. The van der Waals surface area contributed by atoms with E-state index in [0.717, 1.165) is 20.5 Å². The van der Waals surface area contributed by atoms with Crippen LogP contribution in [0.4, 0.5) is 0 Å². The molecule has 106 valence electrons. The van der Waals surface area contributed by atoms with Crippen LogP contribution in [0.3, 0.4) is 0 Å². The lowest BCUT2D eigenvalue weighted by Gasteiger charge is -2.12. The summed E-state index contributed by atoms with van der Waals surface area (Å²) in [4.78, 5) is 5.64. The van der Waals surface area contributed by atoms with Crippen LogP contribution < -0.4 is 5.32 Å². The van der Waals surface area contributed by atoms with Crippen molar-refractivity contribution >= 4 is 43.6 Å². The summed E-state index contributed by atoms with van der Waals surface area (Å²) in [5, 5.41) is 4.46. The lowest BCUT2D eigenvalue weighted by molar-refractivity contribution is 0.584. The highest BCUT2D eigenvalue weighted by Crippen LogP contribution is 2.32. The quantitative estimate of drug-likeness (QED) is 0.721. The molecule has 1 N–H and O–H groups in total. The van der Waals surface area contributed by atoms with E-state index in [1.807, 2.05) is 18.3 Å². The molecule has 2 aromatic rings. The molecule has 5 heteroatoms. The summed E-state index contributed by atoms with van der Waals surface area (Å²) in [5.41, 5.74) is 1.29. The number of halogens is 2. The van der Waals surface area contributed by atoms with Crippen molar-refractivity contribution in [2.45, 2.75) is 36.4 Å². The van der Waals surface area contributed by atoms with Gasteiger partial charge < -0.3 is 5.32 Å². The summed E-state index contributed by atoms with van der Waals surface area (Å²) in [6, 6.07) is 10.9. The zero-order valence-electron chi connectivity index (χ0n) is 11.4. The van der Waals surface area contributed by atoms with Gasteiger partial charge in [0.15, 0.2) is 0 Å². The number of benzene rings is 1. The molecular formula is C15H16Br2N2S. The van der Waals surface area contributed by atoms with Gasteiger partial charge in [0.25, 0.3) is 0 Å². The third-order valence-corrected chi connectivity index (χ3v) is 4.66. The van der Waals surface area contributed by atoms with Crippen molar-refractivity contribution in [2.24, 2.45) is 0 Å². The molecule has 0 aliphatic rings. The van der Waals surface area contributed by atoms with Crippen LogP contribution in [-0.4, -0.2) is 11.0 Å². The van der Waals surface area contributed by atoms with E-state index >= 15 is 0 Å². The largest absolute Gasteiger partial charge is 0.310 e. The standard InChI is InChI=1S/C15H16Br2N2S/c1-10(2)18-8-11-3-4-12(16)7-14(11)20-15-6-5-13(17)9-19-15/h3-7,9-10,18H,8H2,1-2H3. The second kappa shape index (κ2) is 7.59. The Kier molecular flexibility index (Phi) is 6.08. The smallest absolute Gasteiger partial charge is 0.101 e. The monoisotopic (exact) mass is 414 g/mol. The number of aromatic nitrogens is 1. The molecule has 0 bridgehead atoms. The predicted octanol–water partition coefficient (Wildman–Crippen LogP) is 5.26. The number of pyridine rings is 1. The highest BCUT2D eigenvalue weighted by molar-refractivity contribution is 9.10. The minimum atomic E-state index is 0.474. The van der Waals surface area contributed by atoms with Crippen LogP contribution in [0.15, 0.2) is 55.4 Å². The molecule has 0 aliphatic heterocycles. The summed E-state index contributed by atoms with van der Waals surface area (Å²) in [6.45, 7) is 5.17. The van der Waals surface area contributed by atoms with Crippen LogP contribution in [0.1, 0.15) is 19.4 Å². The highest BCUT2D eigenvalue weighted by Gasteiger charge is 2.07. The number of hydrogen-bond acceptors (Lipinski definition) is 3. The Bertz CT molecular complexity index is 571. The maximum Gasteiger partial charge on any atom is 0.101 e. The molecule has 0 amide bonds. The highest BCUT2D eigenvalue weighted by atomic mass is 79.9.